The number of ether oxygens (including phenoxy) is 1. The van der Waals surface area contributed by atoms with Crippen LogP contribution in [0.3, 0.4) is 0 Å². The van der Waals surface area contributed by atoms with Crippen LogP contribution in [-0.2, 0) is 9.53 Å². The molecule has 0 bridgehead atoms. The molecule has 2 atom stereocenters. The van der Waals surface area contributed by atoms with Crippen LogP contribution in [-0.4, -0.2) is 18.1 Å². The van der Waals surface area contributed by atoms with Crippen molar-refractivity contribution in [2.24, 2.45) is 5.92 Å². The van der Waals surface area contributed by atoms with Crippen LogP contribution >= 0.6 is 0 Å². The summed E-state index contributed by atoms with van der Waals surface area (Å²) in [5, 5.41) is 3.47. The molecule has 1 heterocycles. The molecule has 0 radical (unpaired) electrons. The van der Waals surface area contributed by atoms with Gasteiger partial charge in [-0.2, -0.15) is 0 Å². The first-order valence-electron chi connectivity index (χ1n) is 7.19. The molecule has 22 heavy (non-hydrogen) atoms. The summed E-state index contributed by atoms with van der Waals surface area (Å²) in [6, 6.07) is 15.7. The van der Waals surface area contributed by atoms with E-state index in [1.807, 2.05) is 61.5 Å². The summed E-state index contributed by atoms with van der Waals surface area (Å²) in [5.41, 5.74) is 1.94. The topological polar surface area (TPSA) is 51.2 Å². The molecule has 1 N–H and O–H groups in total. The Hall–Kier alpha value is -2.62. The van der Waals surface area contributed by atoms with Crippen LogP contribution in [0, 0.1) is 5.92 Å². The van der Waals surface area contributed by atoms with Crippen LogP contribution in [0.25, 0.3) is 0 Å². The molecule has 1 aromatic heterocycles. The van der Waals surface area contributed by atoms with Gasteiger partial charge in [0.2, 0.25) is 0 Å². The fourth-order valence-corrected chi connectivity index (χ4v) is 2.16. The molecular formula is C18H20N2O2. The van der Waals surface area contributed by atoms with Crippen LogP contribution in [0.5, 0.6) is 0 Å². The highest BCUT2D eigenvalue weighted by Crippen LogP contribution is 2.26. The molecule has 4 heteroatoms. The Morgan fingerprint density at radius 3 is 2.55 bits per heavy atom. The van der Waals surface area contributed by atoms with E-state index in [0.717, 1.165) is 11.4 Å². The van der Waals surface area contributed by atoms with Crippen molar-refractivity contribution in [1.29, 1.82) is 0 Å². The Labute approximate surface area is 130 Å². The summed E-state index contributed by atoms with van der Waals surface area (Å²) in [6.07, 6.45) is 5.06. The van der Waals surface area contributed by atoms with E-state index in [2.05, 4.69) is 15.0 Å². The van der Waals surface area contributed by atoms with Crippen LogP contribution < -0.4 is 5.32 Å². The van der Waals surface area contributed by atoms with Crippen molar-refractivity contribution in [3.63, 3.8) is 0 Å². The summed E-state index contributed by atoms with van der Waals surface area (Å²) in [4.78, 5) is 15.7. The molecule has 0 fully saturated rings. The number of nitrogens with one attached hydrogen (secondary N) is 1. The third-order valence-corrected chi connectivity index (χ3v) is 3.37. The van der Waals surface area contributed by atoms with Gasteiger partial charge in [0.15, 0.2) is 0 Å². The Kier molecular flexibility index (Phi) is 5.72. The second-order valence-electron chi connectivity index (χ2n) is 4.98. The SMILES string of the molecule is COC(=O)/C=C/C(C)C(Nc1ccccc1)c1ccccn1. The van der Waals surface area contributed by atoms with Gasteiger partial charge in [0.05, 0.1) is 18.8 Å². The predicted molar refractivity (Wildman–Crippen MR) is 87.4 cm³/mol. The van der Waals surface area contributed by atoms with E-state index in [0.29, 0.717) is 0 Å². The van der Waals surface area contributed by atoms with Gasteiger partial charge in [-0.3, -0.25) is 4.98 Å². The van der Waals surface area contributed by atoms with Gasteiger partial charge in [0.25, 0.3) is 0 Å². The van der Waals surface area contributed by atoms with Crippen molar-refractivity contribution in [2.45, 2.75) is 13.0 Å². The number of methoxy groups -OCH3 is 1. The molecule has 0 aliphatic rings. The molecule has 1 aromatic carbocycles. The number of hydrogen-bond donors (Lipinski definition) is 1. The lowest BCUT2D eigenvalue weighted by atomic mass is 9.97. The van der Waals surface area contributed by atoms with Gasteiger partial charge < -0.3 is 10.1 Å². The maximum Gasteiger partial charge on any atom is 0.330 e. The highest BCUT2D eigenvalue weighted by Gasteiger charge is 2.18. The highest BCUT2D eigenvalue weighted by molar-refractivity contribution is 5.81. The maximum absolute atomic E-state index is 11.3. The number of aromatic nitrogens is 1. The van der Waals surface area contributed by atoms with Gasteiger partial charge >= 0.3 is 5.97 Å². The van der Waals surface area contributed by atoms with E-state index in [1.54, 1.807) is 6.20 Å². The van der Waals surface area contributed by atoms with Crippen molar-refractivity contribution < 1.29 is 9.53 Å². The number of rotatable bonds is 6. The van der Waals surface area contributed by atoms with Crippen molar-refractivity contribution in [1.82, 2.24) is 4.98 Å². The first kappa shape index (κ1) is 15.8. The zero-order valence-electron chi connectivity index (χ0n) is 12.8. The second kappa shape index (κ2) is 7.98. The fraction of sp³-hybridized carbons (Fsp3) is 0.222. The predicted octanol–water partition coefficient (Wildman–Crippen LogP) is 3.60. The summed E-state index contributed by atoms with van der Waals surface area (Å²) in [5.74, 6) is -0.291. The number of nitrogens with zero attached hydrogens (tertiary/aromatic N) is 1. The summed E-state index contributed by atoms with van der Waals surface area (Å²) >= 11 is 0. The molecule has 0 spiro atoms. The van der Waals surface area contributed by atoms with E-state index >= 15 is 0 Å². The van der Waals surface area contributed by atoms with E-state index < -0.39 is 0 Å². The number of esters is 1. The summed E-state index contributed by atoms with van der Waals surface area (Å²) in [6.45, 7) is 2.04. The number of carbonyl (C=O) groups is 1. The molecule has 0 aliphatic heterocycles. The van der Waals surface area contributed by atoms with Gasteiger partial charge in [-0.25, -0.2) is 4.79 Å². The lowest BCUT2D eigenvalue weighted by molar-refractivity contribution is -0.134. The smallest absolute Gasteiger partial charge is 0.330 e. The number of para-hydroxylation sites is 1. The number of hydrogen-bond acceptors (Lipinski definition) is 4. The highest BCUT2D eigenvalue weighted by atomic mass is 16.5. The van der Waals surface area contributed by atoms with E-state index in [4.69, 9.17) is 0 Å². The molecule has 2 rings (SSSR count). The zero-order chi connectivity index (χ0) is 15.8. The van der Waals surface area contributed by atoms with Gasteiger partial charge in [-0.1, -0.05) is 37.3 Å². The van der Waals surface area contributed by atoms with Crippen LogP contribution in [0.15, 0.2) is 66.9 Å². The molecule has 4 nitrogen and oxygen atoms in total. The van der Waals surface area contributed by atoms with Crippen LogP contribution in [0.2, 0.25) is 0 Å². The molecule has 2 aromatic rings. The summed E-state index contributed by atoms with van der Waals surface area (Å²) in [7, 11) is 1.37. The van der Waals surface area contributed by atoms with E-state index in [9.17, 15) is 4.79 Å². The molecule has 114 valence electrons. The molecule has 0 amide bonds. The Morgan fingerprint density at radius 1 is 1.18 bits per heavy atom. The van der Waals surface area contributed by atoms with Crippen LogP contribution in [0.1, 0.15) is 18.7 Å². The molecular weight excluding hydrogens is 276 g/mol. The lowest BCUT2D eigenvalue weighted by Crippen LogP contribution is -2.19. The first-order valence-corrected chi connectivity index (χ1v) is 7.19. The molecule has 0 saturated heterocycles. The maximum atomic E-state index is 11.3. The van der Waals surface area contributed by atoms with Crippen molar-refractivity contribution in [3.8, 4) is 0 Å². The minimum absolute atomic E-state index is 0.0375. The van der Waals surface area contributed by atoms with Gasteiger partial charge in [-0.05, 0) is 24.3 Å². The second-order valence-corrected chi connectivity index (χ2v) is 4.98. The molecule has 0 saturated carbocycles. The first-order chi connectivity index (χ1) is 10.7. The van der Waals surface area contributed by atoms with Gasteiger partial charge in [0.1, 0.15) is 0 Å². The lowest BCUT2D eigenvalue weighted by Gasteiger charge is -2.23. The standard InChI is InChI=1S/C18H20N2O2/c1-14(11-12-17(21)22-2)18(16-10-6-7-13-19-16)20-15-8-4-3-5-9-15/h3-14,18,20H,1-2H3/b12-11+. The zero-order valence-corrected chi connectivity index (χ0v) is 12.8. The average molecular weight is 296 g/mol. The van der Waals surface area contributed by atoms with Crippen molar-refractivity contribution in [2.75, 3.05) is 12.4 Å². The van der Waals surface area contributed by atoms with E-state index in [-0.39, 0.29) is 17.9 Å². The number of pyridine rings is 1. The van der Waals surface area contributed by atoms with E-state index in [1.165, 1.54) is 13.2 Å². The summed E-state index contributed by atoms with van der Waals surface area (Å²) < 4.78 is 4.64. The van der Waals surface area contributed by atoms with Crippen molar-refractivity contribution >= 4 is 11.7 Å². The fourth-order valence-electron chi connectivity index (χ4n) is 2.16. The van der Waals surface area contributed by atoms with Crippen LogP contribution in [0.4, 0.5) is 5.69 Å². The number of benzene rings is 1. The van der Waals surface area contributed by atoms with Gasteiger partial charge in [-0.15, -0.1) is 0 Å². The normalized spacial score (nSPS) is 13.5. The Morgan fingerprint density at radius 2 is 1.91 bits per heavy atom. The number of anilines is 1. The third kappa shape index (κ3) is 4.45. The molecule has 2 unspecified atom stereocenters. The minimum atomic E-state index is -0.355. The number of carbonyl (C=O) groups excluding carboxylic acids is 1. The van der Waals surface area contributed by atoms with Crippen molar-refractivity contribution in [3.05, 3.63) is 72.6 Å². The Bertz CT molecular complexity index is 611. The van der Waals surface area contributed by atoms with Gasteiger partial charge in [0, 0.05) is 23.9 Å². The average Bonchev–Trinajstić information content (AvgIpc) is 2.59. The third-order valence-electron chi connectivity index (χ3n) is 3.37. The molecule has 0 aliphatic carbocycles. The Balaban J connectivity index is 2.22. The monoisotopic (exact) mass is 296 g/mol. The quantitative estimate of drug-likeness (QED) is 0.653. The largest absolute Gasteiger partial charge is 0.466 e. The minimum Gasteiger partial charge on any atom is -0.466 e.